The third kappa shape index (κ3) is 6.54. The second-order valence-electron chi connectivity index (χ2n) is 8.34. The predicted octanol–water partition coefficient (Wildman–Crippen LogP) is 3.50. The maximum absolute atomic E-state index is 12.9. The Balaban J connectivity index is 1.47. The molecule has 0 spiro atoms. The van der Waals surface area contributed by atoms with Crippen LogP contribution in [0.2, 0.25) is 0 Å². The fraction of sp³-hybridized carbons (Fsp3) is 0.391. The SMILES string of the molecule is C[C@@H]1C[C@H](C)CN(S(=O)(=O)c2ccc(NC(=O)CCNC(=O)Nc3ccccc3)cc2)C1. The van der Waals surface area contributed by atoms with Crippen molar-refractivity contribution in [1.29, 1.82) is 0 Å². The largest absolute Gasteiger partial charge is 0.337 e. The first-order valence-electron chi connectivity index (χ1n) is 10.7. The van der Waals surface area contributed by atoms with Crippen molar-refractivity contribution < 1.29 is 18.0 Å². The van der Waals surface area contributed by atoms with Crippen molar-refractivity contribution in [1.82, 2.24) is 9.62 Å². The topological polar surface area (TPSA) is 108 Å². The van der Waals surface area contributed by atoms with Gasteiger partial charge in [0.15, 0.2) is 0 Å². The Hall–Kier alpha value is -2.91. The van der Waals surface area contributed by atoms with Crippen molar-refractivity contribution in [2.45, 2.75) is 31.6 Å². The molecule has 3 amide bonds. The van der Waals surface area contributed by atoms with E-state index in [0.717, 1.165) is 6.42 Å². The summed E-state index contributed by atoms with van der Waals surface area (Å²) >= 11 is 0. The smallest absolute Gasteiger partial charge is 0.319 e. The van der Waals surface area contributed by atoms with E-state index in [1.807, 2.05) is 18.2 Å². The van der Waals surface area contributed by atoms with Gasteiger partial charge in [-0.1, -0.05) is 32.0 Å². The number of amides is 3. The molecule has 1 aliphatic heterocycles. The minimum atomic E-state index is -3.56. The minimum Gasteiger partial charge on any atom is -0.337 e. The Morgan fingerprint density at radius 2 is 1.50 bits per heavy atom. The van der Waals surface area contributed by atoms with Crippen LogP contribution in [0.3, 0.4) is 0 Å². The highest BCUT2D eigenvalue weighted by molar-refractivity contribution is 7.89. The molecule has 2 atom stereocenters. The van der Waals surface area contributed by atoms with Crippen LogP contribution in [0.5, 0.6) is 0 Å². The third-order valence-corrected chi connectivity index (χ3v) is 7.13. The average Bonchev–Trinajstić information content (AvgIpc) is 2.74. The van der Waals surface area contributed by atoms with Gasteiger partial charge in [-0.25, -0.2) is 13.2 Å². The number of hydrogen-bond donors (Lipinski definition) is 3. The van der Waals surface area contributed by atoms with Crippen LogP contribution in [0.25, 0.3) is 0 Å². The van der Waals surface area contributed by atoms with Crippen LogP contribution in [0, 0.1) is 11.8 Å². The lowest BCUT2D eigenvalue weighted by Gasteiger charge is -2.34. The number of nitrogens with zero attached hydrogens (tertiary/aromatic N) is 1. The second kappa shape index (κ2) is 10.6. The van der Waals surface area contributed by atoms with Crippen molar-refractivity contribution in [3.8, 4) is 0 Å². The van der Waals surface area contributed by atoms with Crippen molar-refractivity contribution >= 4 is 33.3 Å². The Morgan fingerprint density at radius 1 is 0.906 bits per heavy atom. The van der Waals surface area contributed by atoms with Crippen molar-refractivity contribution in [2.75, 3.05) is 30.3 Å². The van der Waals surface area contributed by atoms with Gasteiger partial charge in [0.2, 0.25) is 15.9 Å². The first-order valence-corrected chi connectivity index (χ1v) is 12.2. The van der Waals surface area contributed by atoms with Crippen LogP contribution in [0.1, 0.15) is 26.7 Å². The molecule has 1 aliphatic rings. The maximum atomic E-state index is 12.9. The van der Waals surface area contributed by atoms with Gasteiger partial charge in [0.25, 0.3) is 0 Å². The lowest BCUT2D eigenvalue weighted by atomic mass is 9.94. The highest BCUT2D eigenvalue weighted by Gasteiger charge is 2.31. The van der Waals surface area contributed by atoms with Crippen molar-refractivity contribution in [3.05, 3.63) is 54.6 Å². The Kier molecular flexibility index (Phi) is 7.87. The Bertz CT molecular complexity index is 1020. The zero-order valence-electron chi connectivity index (χ0n) is 18.4. The highest BCUT2D eigenvalue weighted by atomic mass is 32.2. The summed E-state index contributed by atoms with van der Waals surface area (Å²) in [5.41, 5.74) is 1.17. The second-order valence-corrected chi connectivity index (χ2v) is 10.3. The van der Waals surface area contributed by atoms with Gasteiger partial charge in [0, 0.05) is 37.4 Å². The number of carbonyl (C=O) groups is 2. The number of anilines is 2. The Morgan fingerprint density at radius 3 is 2.12 bits per heavy atom. The fourth-order valence-corrected chi connectivity index (χ4v) is 5.55. The van der Waals surface area contributed by atoms with E-state index in [4.69, 9.17) is 0 Å². The van der Waals surface area contributed by atoms with Gasteiger partial charge in [-0.3, -0.25) is 4.79 Å². The summed E-state index contributed by atoms with van der Waals surface area (Å²) in [6, 6.07) is 14.8. The lowest BCUT2D eigenvalue weighted by molar-refractivity contribution is -0.116. The first kappa shape index (κ1) is 23.7. The van der Waals surface area contributed by atoms with E-state index >= 15 is 0 Å². The molecular weight excluding hydrogens is 428 g/mol. The number of urea groups is 1. The van der Waals surface area contributed by atoms with E-state index in [9.17, 15) is 18.0 Å². The summed E-state index contributed by atoms with van der Waals surface area (Å²) < 4.78 is 27.4. The zero-order valence-corrected chi connectivity index (χ0v) is 19.2. The van der Waals surface area contributed by atoms with Crippen molar-refractivity contribution in [3.63, 3.8) is 0 Å². The summed E-state index contributed by atoms with van der Waals surface area (Å²) in [6.45, 7) is 5.35. The number of benzene rings is 2. The summed E-state index contributed by atoms with van der Waals surface area (Å²) in [5.74, 6) is 0.380. The van der Waals surface area contributed by atoms with Gasteiger partial charge >= 0.3 is 6.03 Å². The van der Waals surface area contributed by atoms with Crippen LogP contribution in [-0.4, -0.2) is 44.3 Å². The molecule has 8 nitrogen and oxygen atoms in total. The molecule has 0 radical (unpaired) electrons. The van der Waals surface area contributed by atoms with Crippen LogP contribution in [0.4, 0.5) is 16.2 Å². The molecule has 0 aromatic heterocycles. The summed E-state index contributed by atoms with van der Waals surface area (Å²) in [4.78, 5) is 24.2. The molecule has 3 rings (SSSR count). The van der Waals surface area contributed by atoms with E-state index in [-0.39, 0.29) is 29.8 Å². The van der Waals surface area contributed by atoms with Crippen LogP contribution in [0.15, 0.2) is 59.5 Å². The molecule has 1 saturated heterocycles. The van der Waals surface area contributed by atoms with Gasteiger partial charge in [-0.15, -0.1) is 0 Å². The first-order chi connectivity index (χ1) is 15.2. The molecule has 1 fully saturated rings. The van der Waals surface area contributed by atoms with Gasteiger partial charge < -0.3 is 16.0 Å². The molecule has 1 heterocycles. The number of carbonyl (C=O) groups excluding carboxylic acids is 2. The average molecular weight is 459 g/mol. The molecule has 2 aromatic carbocycles. The molecule has 9 heteroatoms. The molecule has 32 heavy (non-hydrogen) atoms. The summed E-state index contributed by atoms with van der Waals surface area (Å²) in [6.07, 6.45) is 1.12. The fourth-order valence-electron chi connectivity index (χ4n) is 3.87. The number of rotatable bonds is 7. The van der Waals surface area contributed by atoms with Crippen LogP contribution < -0.4 is 16.0 Å². The van der Waals surface area contributed by atoms with E-state index in [2.05, 4.69) is 29.8 Å². The molecule has 0 unspecified atom stereocenters. The minimum absolute atomic E-state index is 0.0891. The number of hydrogen-bond acceptors (Lipinski definition) is 4. The molecular formula is C23H30N4O4S. The monoisotopic (exact) mass is 458 g/mol. The standard InChI is InChI=1S/C23H30N4O4S/c1-17-14-18(2)16-27(15-17)32(30,31)21-10-8-20(9-11-21)25-22(28)12-13-24-23(29)26-19-6-4-3-5-7-19/h3-11,17-18H,12-16H2,1-2H3,(H,25,28)(H2,24,26,29)/t17-,18+. The maximum Gasteiger partial charge on any atom is 0.319 e. The van der Waals surface area contributed by atoms with E-state index in [1.54, 1.807) is 28.6 Å². The number of nitrogens with one attached hydrogen (secondary N) is 3. The third-order valence-electron chi connectivity index (χ3n) is 5.28. The van der Waals surface area contributed by atoms with Crippen molar-refractivity contribution in [2.24, 2.45) is 11.8 Å². The summed E-state index contributed by atoms with van der Waals surface area (Å²) in [5, 5.41) is 8.02. The van der Waals surface area contributed by atoms with E-state index in [1.165, 1.54) is 12.1 Å². The van der Waals surface area contributed by atoms with E-state index in [0.29, 0.717) is 36.3 Å². The van der Waals surface area contributed by atoms with Crippen LogP contribution >= 0.6 is 0 Å². The molecule has 3 N–H and O–H groups in total. The summed E-state index contributed by atoms with van der Waals surface area (Å²) in [7, 11) is -3.56. The van der Waals surface area contributed by atoms with Gasteiger partial charge in [0.1, 0.15) is 0 Å². The lowest BCUT2D eigenvalue weighted by Crippen LogP contribution is -2.42. The highest BCUT2D eigenvalue weighted by Crippen LogP contribution is 2.27. The van der Waals surface area contributed by atoms with Gasteiger partial charge in [0.05, 0.1) is 4.90 Å². The molecule has 0 saturated carbocycles. The van der Waals surface area contributed by atoms with Gasteiger partial charge in [-0.2, -0.15) is 4.31 Å². The normalized spacial score (nSPS) is 19.2. The van der Waals surface area contributed by atoms with E-state index < -0.39 is 10.0 Å². The number of sulfonamides is 1. The zero-order chi connectivity index (χ0) is 23.1. The molecule has 0 bridgehead atoms. The molecule has 0 aliphatic carbocycles. The number of para-hydroxylation sites is 1. The quantitative estimate of drug-likeness (QED) is 0.590. The van der Waals surface area contributed by atoms with Gasteiger partial charge in [-0.05, 0) is 54.7 Å². The molecule has 172 valence electrons. The predicted molar refractivity (Wildman–Crippen MR) is 125 cm³/mol. The molecule has 2 aromatic rings. The number of piperidine rings is 1. The Labute approximate surface area is 189 Å². The van der Waals surface area contributed by atoms with Crippen LogP contribution in [-0.2, 0) is 14.8 Å².